The molecule has 0 aromatic heterocycles. The maximum absolute atomic E-state index is 6.27. The predicted octanol–water partition coefficient (Wildman–Crippen LogP) is 3.10. The van der Waals surface area contributed by atoms with Crippen molar-refractivity contribution in [3.05, 3.63) is 65.2 Å². The Morgan fingerprint density at radius 3 is 2.14 bits per heavy atom. The van der Waals surface area contributed by atoms with Crippen LogP contribution in [0.4, 0.5) is 0 Å². The van der Waals surface area contributed by atoms with Crippen LogP contribution in [0.15, 0.2) is 48.5 Å². The lowest BCUT2D eigenvalue weighted by molar-refractivity contribution is -0.0948. The summed E-state index contributed by atoms with van der Waals surface area (Å²) in [5.41, 5.74) is 3.45. The highest BCUT2D eigenvalue weighted by atomic mass is 16.6. The summed E-state index contributed by atoms with van der Waals surface area (Å²) < 4.78 is 12.2. The summed E-state index contributed by atoms with van der Waals surface area (Å²) in [5, 5.41) is 3.30. The number of benzene rings is 2. The summed E-state index contributed by atoms with van der Waals surface area (Å²) in [7, 11) is 3.70. The molecule has 0 saturated carbocycles. The van der Waals surface area contributed by atoms with E-state index in [0.29, 0.717) is 0 Å². The quantitative estimate of drug-likeness (QED) is 0.860. The van der Waals surface area contributed by atoms with Crippen LogP contribution in [0.3, 0.4) is 0 Å². The Kier molecular flexibility index (Phi) is 4.19. The van der Waals surface area contributed by atoms with Crippen LogP contribution in [0.1, 0.15) is 16.7 Å². The number of methoxy groups -OCH3 is 1. The fourth-order valence-electron chi connectivity index (χ4n) is 3.29. The first-order valence-corrected chi connectivity index (χ1v) is 7.70. The Morgan fingerprint density at radius 2 is 1.59 bits per heavy atom. The number of fused-ring (bicyclic) bond motifs is 1. The lowest BCUT2D eigenvalue weighted by atomic mass is 9.97. The van der Waals surface area contributed by atoms with Gasteiger partial charge in [-0.05, 0) is 36.7 Å². The molecule has 2 aromatic carbocycles. The zero-order chi connectivity index (χ0) is 15.6. The van der Waals surface area contributed by atoms with E-state index >= 15 is 0 Å². The number of para-hydroxylation sites is 1. The molecule has 2 aromatic rings. The predicted molar refractivity (Wildman–Crippen MR) is 88.2 cm³/mol. The van der Waals surface area contributed by atoms with E-state index in [-0.39, 0.29) is 11.8 Å². The summed E-state index contributed by atoms with van der Waals surface area (Å²) in [6.45, 7) is 2.06. The van der Waals surface area contributed by atoms with Gasteiger partial charge in [0.1, 0.15) is 11.4 Å². The first-order chi connectivity index (χ1) is 10.7. The maximum atomic E-state index is 6.27. The van der Waals surface area contributed by atoms with Gasteiger partial charge in [-0.2, -0.15) is 0 Å². The number of aryl methyl sites for hydroxylation is 1. The lowest BCUT2D eigenvalue weighted by Crippen LogP contribution is -2.55. The molecule has 0 aliphatic heterocycles. The van der Waals surface area contributed by atoms with Crippen LogP contribution < -0.4 is 10.1 Å². The SMILES string of the molecule is CNC(Oc1ccccc1C)C1(OC)Cc2ccccc2C1. The van der Waals surface area contributed by atoms with Gasteiger partial charge in [-0.25, -0.2) is 0 Å². The molecule has 0 radical (unpaired) electrons. The number of hydrogen-bond acceptors (Lipinski definition) is 3. The standard InChI is InChI=1S/C19H23NO2/c1-14-8-4-7-11-17(14)22-18(20-2)19(21-3)12-15-9-5-6-10-16(15)13-19/h4-11,18,20H,12-13H2,1-3H3. The highest BCUT2D eigenvalue weighted by Crippen LogP contribution is 2.36. The molecule has 116 valence electrons. The van der Waals surface area contributed by atoms with Crippen LogP contribution in [0.2, 0.25) is 0 Å². The Hall–Kier alpha value is -1.84. The summed E-state index contributed by atoms with van der Waals surface area (Å²) in [4.78, 5) is 0. The molecule has 3 heteroatoms. The van der Waals surface area contributed by atoms with Crippen LogP contribution in [0.5, 0.6) is 5.75 Å². The number of likely N-dealkylation sites (N-methyl/N-ethyl adjacent to an activating group) is 1. The van der Waals surface area contributed by atoms with Crippen LogP contribution in [-0.2, 0) is 17.6 Å². The van der Waals surface area contributed by atoms with Crippen LogP contribution in [0.25, 0.3) is 0 Å². The van der Waals surface area contributed by atoms with E-state index < -0.39 is 0 Å². The molecule has 22 heavy (non-hydrogen) atoms. The molecule has 1 atom stereocenters. The van der Waals surface area contributed by atoms with Crippen molar-refractivity contribution in [2.45, 2.75) is 31.6 Å². The monoisotopic (exact) mass is 297 g/mol. The summed E-state index contributed by atoms with van der Waals surface area (Å²) in [5.74, 6) is 0.897. The van der Waals surface area contributed by atoms with Gasteiger partial charge in [0.15, 0.2) is 6.23 Å². The zero-order valence-electron chi connectivity index (χ0n) is 13.4. The molecule has 3 rings (SSSR count). The number of hydrogen-bond donors (Lipinski definition) is 1. The second-order valence-corrected chi connectivity index (χ2v) is 5.94. The van der Waals surface area contributed by atoms with Crippen molar-refractivity contribution in [3.8, 4) is 5.75 Å². The fraction of sp³-hybridized carbons (Fsp3) is 0.368. The van der Waals surface area contributed by atoms with Gasteiger partial charge < -0.3 is 9.47 Å². The molecule has 0 spiro atoms. The average Bonchev–Trinajstić information content (AvgIpc) is 2.94. The molecule has 0 bridgehead atoms. The molecule has 1 aliphatic carbocycles. The first-order valence-electron chi connectivity index (χ1n) is 7.70. The normalized spacial score (nSPS) is 17.0. The molecule has 1 N–H and O–H groups in total. The molecular formula is C19H23NO2. The molecule has 0 amide bonds. The first kappa shape index (κ1) is 15.1. The average molecular weight is 297 g/mol. The number of ether oxygens (including phenoxy) is 2. The fourth-order valence-corrected chi connectivity index (χ4v) is 3.29. The Labute approximate surface area is 132 Å². The Bertz CT molecular complexity index is 628. The van der Waals surface area contributed by atoms with E-state index in [1.165, 1.54) is 11.1 Å². The van der Waals surface area contributed by atoms with E-state index in [9.17, 15) is 0 Å². The van der Waals surface area contributed by atoms with Gasteiger partial charge in [-0.3, -0.25) is 5.32 Å². The number of nitrogens with one attached hydrogen (secondary N) is 1. The third kappa shape index (κ3) is 2.62. The molecule has 1 aliphatic rings. The van der Waals surface area contributed by atoms with Gasteiger partial charge in [0, 0.05) is 20.0 Å². The van der Waals surface area contributed by atoms with Crippen molar-refractivity contribution in [2.24, 2.45) is 0 Å². The van der Waals surface area contributed by atoms with E-state index in [1.54, 1.807) is 7.11 Å². The molecule has 0 saturated heterocycles. The third-order valence-electron chi connectivity index (χ3n) is 4.58. The summed E-state index contributed by atoms with van der Waals surface area (Å²) in [6, 6.07) is 16.6. The van der Waals surface area contributed by atoms with Gasteiger partial charge in [0.05, 0.1) is 0 Å². The minimum absolute atomic E-state index is 0.203. The van der Waals surface area contributed by atoms with Crippen molar-refractivity contribution < 1.29 is 9.47 Å². The van der Waals surface area contributed by atoms with Crippen molar-refractivity contribution in [1.29, 1.82) is 0 Å². The summed E-state index contributed by atoms with van der Waals surface area (Å²) in [6.07, 6.45) is 1.51. The third-order valence-corrected chi connectivity index (χ3v) is 4.58. The van der Waals surface area contributed by atoms with Crippen LogP contribution >= 0.6 is 0 Å². The van der Waals surface area contributed by atoms with Gasteiger partial charge in [0.2, 0.25) is 0 Å². The smallest absolute Gasteiger partial charge is 0.179 e. The van der Waals surface area contributed by atoms with E-state index in [0.717, 1.165) is 24.2 Å². The van der Waals surface area contributed by atoms with E-state index in [1.807, 2.05) is 25.2 Å². The van der Waals surface area contributed by atoms with Crippen molar-refractivity contribution >= 4 is 0 Å². The highest BCUT2D eigenvalue weighted by molar-refractivity contribution is 5.37. The second kappa shape index (κ2) is 6.11. The molecule has 3 nitrogen and oxygen atoms in total. The van der Waals surface area contributed by atoms with Crippen LogP contribution in [-0.4, -0.2) is 26.0 Å². The van der Waals surface area contributed by atoms with Gasteiger partial charge in [-0.1, -0.05) is 42.5 Å². The number of rotatable bonds is 5. The van der Waals surface area contributed by atoms with E-state index in [2.05, 4.69) is 42.6 Å². The second-order valence-electron chi connectivity index (χ2n) is 5.94. The molecule has 0 heterocycles. The van der Waals surface area contributed by atoms with Crippen molar-refractivity contribution in [1.82, 2.24) is 5.32 Å². The molecular weight excluding hydrogens is 274 g/mol. The molecule has 1 unspecified atom stereocenters. The van der Waals surface area contributed by atoms with Gasteiger partial charge >= 0.3 is 0 Å². The van der Waals surface area contributed by atoms with Crippen molar-refractivity contribution in [2.75, 3.05) is 14.2 Å². The Morgan fingerprint density at radius 1 is 1.00 bits per heavy atom. The maximum Gasteiger partial charge on any atom is 0.179 e. The zero-order valence-corrected chi connectivity index (χ0v) is 13.4. The molecule has 0 fully saturated rings. The lowest BCUT2D eigenvalue weighted by Gasteiger charge is -2.36. The minimum Gasteiger partial charge on any atom is -0.472 e. The summed E-state index contributed by atoms with van der Waals surface area (Å²) >= 11 is 0. The van der Waals surface area contributed by atoms with E-state index in [4.69, 9.17) is 9.47 Å². The van der Waals surface area contributed by atoms with Gasteiger partial charge in [-0.15, -0.1) is 0 Å². The van der Waals surface area contributed by atoms with Crippen molar-refractivity contribution in [3.63, 3.8) is 0 Å². The largest absolute Gasteiger partial charge is 0.472 e. The highest BCUT2D eigenvalue weighted by Gasteiger charge is 2.45. The Balaban J connectivity index is 1.88. The topological polar surface area (TPSA) is 30.5 Å². The van der Waals surface area contributed by atoms with Gasteiger partial charge in [0.25, 0.3) is 0 Å². The van der Waals surface area contributed by atoms with Crippen LogP contribution in [0, 0.1) is 6.92 Å². The minimum atomic E-state index is -0.374.